The molecule has 1 aromatic carbocycles. The molecule has 0 aliphatic rings. The highest BCUT2D eigenvalue weighted by atomic mass is 32.1. The summed E-state index contributed by atoms with van der Waals surface area (Å²) in [7, 11) is 0. The SMILES string of the molecule is Cc1nc(-c2ccc(N)cc2)c(C)s1. The highest BCUT2D eigenvalue weighted by Crippen LogP contribution is 2.27. The lowest BCUT2D eigenvalue weighted by Gasteiger charge is -1.98. The molecule has 0 saturated carbocycles. The molecule has 0 saturated heterocycles. The van der Waals surface area contributed by atoms with Crippen molar-refractivity contribution in [3.63, 3.8) is 0 Å². The number of nitrogens with two attached hydrogens (primary N) is 1. The van der Waals surface area contributed by atoms with E-state index in [0.717, 1.165) is 22.0 Å². The number of aryl methyl sites for hydroxylation is 2. The highest BCUT2D eigenvalue weighted by Gasteiger charge is 2.06. The Morgan fingerprint density at radius 2 is 1.79 bits per heavy atom. The molecule has 2 aromatic rings. The molecule has 0 spiro atoms. The molecule has 2 N–H and O–H groups in total. The summed E-state index contributed by atoms with van der Waals surface area (Å²) >= 11 is 1.73. The van der Waals surface area contributed by atoms with Gasteiger partial charge in [0.05, 0.1) is 10.7 Å². The van der Waals surface area contributed by atoms with Gasteiger partial charge in [-0.1, -0.05) is 12.1 Å². The summed E-state index contributed by atoms with van der Waals surface area (Å²) in [5.74, 6) is 0. The first kappa shape index (κ1) is 9.21. The summed E-state index contributed by atoms with van der Waals surface area (Å²) in [5.41, 5.74) is 8.64. The van der Waals surface area contributed by atoms with Crippen LogP contribution in [0.25, 0.3) is 11.3 Å². The van der Waals surface area contributed by atoms with Crippen molar-refractivity contribution in [3.8, 4) is 11.3 Å². The maximum absolute atomic E-state index is 5.63. The molecule has 14 heavy (non-hydrogen) atoms. The lowest BCUT2D eigenvalue weighted by atomic mass is 10.1. The van der Waals surface area contributed by atoms with E-state index < -0.39 is 0 Å². The molecule has 0 aliphatic heterocycles. The molecular formula is C11H12N2S. The molecule has 0 aliphatic carbocycles. The third-order valence-electron chi connectivity index (χ3n) is 2.09. The Morgan fingerprint density at radius 3 is 2.29 bits per heavy atom. The average molecular weight is 204 g/mol. The van der Waals surface area contributed by atoms with Gasteiger partial charge >= 0.3 is 0 Å². The van der Waals surface area contributed by atoms with Crippen molar-refractivity contribution in [2.24, 2.45) is 0 Å². The van der Waals surface area contributed by atoms with Gasteiger partial charge in [-0.05, 0) is 26.0 Å². The first-order valence-corrected chi connectivity index (χ1v) is 5.28. The molecule has 2 rings (SSSR count). The first-order chi connectivity index (χ1) is 6.66. The lowest BCUT2D eigenvalue weighted by molar-refractivity contribution is 1.28. The van der Waals surface area contributed by atoms with Crippen molar-refractivity contribution in [3.05, 3.63) is 34.2 Å². The van der Waals surface area contributed by atoms with Gasteiger partial charge in [-0.2, -0.15) is 0 Å². The van der Waals surface area contributed by atoms with Crippen LogP contribution in [-0.2, 0) is 0 Å². The van der Waals surface area contributed by atoms with Gasteiger partial charge in [0, 0.05) is 16.1 Å². The molecule has 2 nitrogen and oxygen atoms in total. The lowest BCUT2D eigenvalue weighted by Crippen LogP contribution is -1.85. The predicted octanol–water partition coefficient (Wildman–Crippen LogP) is 3.01. The average Bonchev–Trinajstić information content (AvgIpc) is 2.47. The normalized spacial score (nSPS) is 10.4. The van der Waals surface area contributed by atoms with E-state index in [4.69, 9.17) is 5.73 Å². The number of rotatable bonds is 1. The summed E-state index contributed by atoms with van der Waals surface area (Å²) in [5, 5.41) is 1.11. The van der Waals surface area contributed by atoms with Crippen LogP contribution in [0.4, 0.5) is 5.69 Å². The van der Waals surface area contributed by atoms with E-state index in [1.807, 2.05) is 31.2 Å². The van der Waals surface area contributed by atoms with E-state index in [2.05, 4.69) is 11.9 Å². The monoisotopic (exact) mass is 204 g/mol. The number of nitrogen functional groups attached to an aromatic ring is 1. The van der Waals surface area contributed by atoms with Crippen molar-refractivity contribution in [1.29, 1.82) is 0 Å². The summed E-state index contributed by atoms with van der Waals surface area (Å²) in [4.78, 5) is 5.74. The first-order valence-electron chi connectivity index (χ1n) is 4.47. The van der Waals surface area contributed by atoms with Crippen LogP contribution in [0.5, 0.6) is 0 Å². The molecule has 0 fully saturated rings. The standard InChI is InChI=1S/C11H12N2S/c1-7-11(13-8(2)14-7)9-3-5-10(12)6-4-9/h3-6H,12H2,1-2H3. The molecule has 1 heterocycles. The van der Waals surface area contributed by atoms with Gasteiger partial charge in [0.1, 0.15) is 0 Å². The van der Waals surface area contributed by atoms with Gasteiger partial charge in [-0.15, -0.1) is 11.3 Å². The molecule has 0 amide bonds. The van der Waals surface area contributed by atoms with Gasteiger partial charge in [-0.25, -0.2) is 4.98 Å². The van der Waals surface area contributed by atoms with E-state index in [1.54, 1.807) is 11.3 Å². The van der Waals surface area contributed by atoms with Gasteiger partial charge in [0.2, 0.25) is 0 Å². The predicted molar refractivity (Wildman–Crippen MR) is 61.4 cm³/mol. The second-order valence-electron chi connectivity index (χ2n) is 3.26. The summed E-state index contributed by atoms with van der Waals surface area (Å²) in [6.07, 6.45) is 0. The minimum atomic E-state index is 0.790. The summed E-state index contributed by atoms with van der Waals surface area (Å²) < 4.78 is 0. The van der Waals surface area contributed by atoms with Crippen LogP contribution in [0.1, 0.15) is 9.88 Å². The largest absolute Gasteiger partial charge is 0.399 e. The third-order valence-corrected chi connectivity index (χ3v) is 2.97. The minimum absolute atomic E-state index is 0.790. The molecule has 72 valence electrons. The zero-order valence-electron chi connectivity index (χ0n) is 8.24. The van der Waals surface area contributed by atoms with Crippen molar-refractivity contribution in [2.75, 3.05) is 5.73 Å². The van der Waals surface area contributed by atoms with Crippen LogP contribution in [0.3, 0.4) is 0 Å². The number of anilines is 1. The maximum atomic E-state index is 5.63. The Labute approximate surface area is 87.4 Å². The Hall–Kier alpha value is -1.35. The fourth-order valence-electron chi connectivity index (χ4n) is 1.44. The maximum Gasteiger partial charge on any atom is 0.0904 e. The second-order valence-corrected chi connectivity index (χ2v) is 4.67. The van der Waals surface area contributed by atoms with E-state index in [0.29, 0.717) is 0 Å². The van der Waals surface area contributed by atoms with Crippen LogP contribution in [-0.4, -0.2) is 4.98 Å². The molecule has 1 aromatic heterocycles. The van der Waals surface area contributed by atoms with Gasteiger partial charge in [-0.3, -0.25) is 0 Å². The van der Waals surface area contributed by atoms with Crippen LogP contribution in [0, 0.1) is 13.8 Å². The molecule has 0 atom stereocenters. The van der Waals surface area contributed by atoms with E-state index in [-0.39, 0.29) is 0 Å². The zero-order chi connectivity index (χ0) is 10.1. The topological polar surface area (TPSA) is 38.9 Å². The fraction of sp³-hybridized carbons (Fsp3) is 0.182. The molecular weight excluding hydrogens is 192 g/mol. The van der Waals surface area contributed by atoms with Gasteiger partial charge in [0.15, 0.2) is 0 Å². The second kappa shape index (κ2) is 3.42. The Kier molecular flexibility index (Phi) is 2.25. The van der Waals surface area contributed by atoms with Crippen LogP contribution >= 0.6 is 11.3 Å². The van der Waals surface area contributed by atoms with Crippen molar-refractivity contribution < 1.29 is 0 Å². The quantitative estimate of drug-likeness (QED) is 0.725. The van der Waals surface area contributed by atoms with E-state index >= 15 is 0 Å². The van der Waals surface area contributed by atoms with Crippen molar-refractivity contribution >= 4 is 17.0 Å². The Bertz CT molecular complexity index is 443. The zero-order valence-corrected chi connectivity index (χ0v) is 9.06. The Morgan fingerprint density at radius 1 is 1.14 bits per heavy atom. The number of nitrogens with zero attached hydrogens (tertiary/aromatic N) is 1. The van der Waals surface area contributed by atoms with E-state index in [9.17, 15) is 0 Å². The van der Waals surface area contributed by atoms with E-state index in [1.165, 1.54) is 4.88 Å². The number of thiazole rings is 1. The van der Waals surface area contributed by atoms with Crippen LogP contribution < -0.4 is 5.73 Å². The van der Waals surface area contributed by atoms with Gasteiger partial charge in [0.25, 0.3) is 0 Å². The van der Waals surface area contributed by atoms with Crippen molar-refractivity contribution in [2.45, 2.75) is 13.8 Å². The highest BCUT2D eigenvalue weighted by molar-refractivity contribution is 7.11. The molecule has 3 heteroatoms. The number of aromatic nitrogens is 1. The van der Waals surface area contributed by atoms with Crippen LogP contribution in [0.15, 0.2) is 24.3 Å². The van der Waals surface area contributed by atoms with Gasteiger partial charge < -0.3 is 5.73 Å². The van der Waals surface area contributed by atoms with Crippen molar-refractivity contribution in [1.82, 2.24) is 4.98 Å². The Balaban J connectivity index is 2.49. The summed E-state index contributed by atoms with van der Waals surface area (Å²) in [6.45, 7) is 4.12. The number of benzene rings is 1. The minimum Gasteiger partial charge on any atom is -0.399 e. The molecule has 0 unspecified atom stereocenters. The smallest absolute Gasteiger partial charge is 0.0904 e. The van der Waals surface area contributed by atoms with Crippen LogP contribution in [0.2, 0.25) is 0 Å². The number of hydrogen-bond donors (Lipinski definition) is 1. The molecule has 0 bridgehead atoms. The fourth-order valence-corrected chi connectivity index (χ4v) is 2.28. The number of hydrogen-bond acceptors (Lipinski definition) is 3. The summed E-state index contributed by atoms with van der Waals surface area (Å²) in [6, 6.07) is 7.83. The third kappa shape index (κ3) is 1.63. The molecule has 0 radical (unpaired) electrons.